The molecule has 2 N–H and O–H groups in total. The number of carbonyl (C=O) groups is 1. The second-order valence-electron chi connectivity index (χ2n) is 3.80. The highest BCUT2D eigenvalue weighted by atomic mass is 79.9. The molecule has 1 aromatic rings. The van der Waals surface area contributed by atoms with Crippen LogP contribution in [0.2, 0.25) is 0 Å². The second kappa shape index (κ2) is 8.11. The molecule has 0 saturated heterocycles. The van der Waals surface area contributed by atoms with E-state index in [9.17, 15) is 4.79 Å². The first-order valence-corrected chi connectivity index (χ1v) is 6.79. The summed E-state index contributed by atoms with van der Waals surface area (Å²) in [5.41, 5.74) is 1.09. The molecule has 0 spiro atoms. The van der Waals surface area contributed by atoms with Crippen LogP contribution in [0.25, 0.3) is 0 Å². The van der Waals surface area contributed by atoms with Crippen molar-refractivity contribution in [2.75, 3.05) is 20.2 Å². The Balaban J connectivity index is 2.60. The topological polar surface area (TPSA) is 50.4 Å². The molecule has 0 aromatic heterocycles. The first-order chi connectivity index (χ1) is 8.67. The van der Waals surface area contributed by atoms with Crippen molar-refractivity contribution in [2.45, 2.75) is 19.9 Å². The van der Waals surface area contributed by atoms with Crippen molar-refractivity contribution in [3.63, 3.8) is 0 Å². The van der Waals surface area contributed by atoms with Crippen molar-refractivity contribution < 1.29 is 9.53 Å². The minimum Gasteiger partial charge on any atom is -0.493 e. The van der Waals surface area contributed by atoms with E-state index in [-0.39, 0.29) is 5.91 Å². The van der Waals surface area contributed by atoms with E-state index in [4.69, 9.17) is 4.74 Å². The van der Waals surface area contributed by atoms with Crippen molar-refractivity contribution in [3.8, 4) is 5.75 Å². The molecule has 1 rings (SSSR count). The van der Waals surface area contributed by atoms with E-state index in [1.54, 1.807) is 7.05 Å². The van der Waals surface area contributed by atoms with E-state index in [1.807, 2.05) is 18.2 Å². The first-order valence-electron chi connectivity index (χ1n) is 6.00. The molecule has 0 aliphatic heterocycles. The van der Waals surface area contributed by atoms with E-state index in [1.165, 1.54) is 0 Å². The quantitative estimate of drug-likeness (QED) is 0.810. The van der Waals surface area contributed by atoms with Crippen molar-refractivity contribution in [2.24, 2.45) is 0 Å². The summed E-state index contributed by atoms with van der Waals surface area (Å²) in [6, 6.07) is 5.88. The molecule has 1 aromatic carbocycles. The Bertz CT molecular complexity index is 397. The molecule has 1 amide bonds. The van der Waals surface area contributed by atoms with Gasteiger partial charge in [0, 0.05) is 23.6 Å². The van der Waals surface area contributed by atoms with Gasteiger partial charge in [0.05, 0.1) is 13.0 Å². The number of nitrogens with one attached hydrogen (secondary N) is 2. The monoisotopic (exact) mass is 314 g/mol. The van der Waals surface area contributed by atoms with Crippen LogP contribution >= 0.6 is 15.9 Å². The number of hydrogen-bond acceptors (Lipinski definition) is 3. The lowest BCUT2D eigenvalue weighted by Crippen LogP contribution is -2.20. The summed E-state index contributed by atoms with van der Waals surface area (Å²) < 4.78 is 6.66. The highest BCUT2D eigenvalue weighted by Gasteiger charge is 2.05. The third-order valence-electron chi connectivity index (χ3n) is 2.45. The van der Waals surface area contributed by atoms with Crippen molar-refractivity contribution in [1.29, 1.82) is 0 Å². The molecule has 18 heavy (non-hydrogen) atoms. The van der Waals surface area contributed by atoms with E-state index < -0.39 is 0 Å². The summed E-state index contributed by atoms with van der Waals surface area (Å²) in [6.45, 7) is 4.11. The van der Waals surface area contributed by atoms with Gasteiger partial charge in [-0.1, -0.05) is 22.9 Å². The summed E-state index contributed by atoms with van der Waals surface area (Å²) in [6.07, 6.45) is 0.368. The lowest BCUT2D eigenvalue weighted by molar-refractivity contribution is -0.121. The average Bonchev–Trinajstić information content (AvgIpc) is 2.38. The smallest absolute Gasteiger partial charge is 0.223 e. The fraction of sp³-hybridized carbons (Fsp3) is 0.462. The van der Waals surface area contributed by atoms with Crippen LogP contribution in [0.4, 0.5) is 0 Å². The molecular weight excluding hydrogens is 296 g/mol. The molecule has 100 valence electrons. The van der Waals surface area contributed by atoms with E-state index >= 15 is 0 Å². The summed E-state index contributed by atoms with van der Waals surface area (Å²) >= 11 is 3.44. The molecule has 0 saturated carbocycles. The van der Waals surface area contributed by atoms with Gasteiger partial charge in [0.1, 0.15) is 5.75 Å². The minimum absolute atomic E-state index is 0.0136. The Morgan fingerprint density at radius 1 is 1.44 bits per heavy atom. The normalized spacial score (nSPS) is 10.2. The molecule has 0 aliphatic carbocycles. The third-order valence-corrected chi connectivity index (χ3v) is 2.95. The molecular formula is C13H19BrN2O2. The molecule has 5 heteroatoms. The number of hydrogen-bond donors (Lipinski definition) is 2. The van der Waals surface area contributed by atoms with Crippen LogP contribution in [0.1, 0.15) is 18.9 Å². The zero-order valence-electron chi connectivity index (χ0n) is 10.8. The van der Waals surface area contributed by atoms with Gasteiger partial charge >= 0.3 is 0 Å². The van der Waals surface area contributed by atoms with Crippen LogP contribution in [0.3, 0.4) is 0 Å². The maximum Gasteiger partial charge on any atom is 0.223 e. The van der Waals surface area contributed by atoms with E-state index in [0.29, 0.717) is 13.0 Å². The van der Waals surface area contributed by atoms with Crippen LogP contribution in [-0.2, 0) is 11.3 Å². The maximum absolute atomic E-state index is 11.1. The molecule has 0 unspecified atom stereocenters. The maximum atomic E-state index is 11.1. The number of ether oxygens (including phenoxy) is 1. The Kier molecular flexibility index (Phi) is 6.75. The zero-order valence-corrected chi connectivity index (χ0v) is 12.3. The molecule has 0 bridgehead atoms. The number of carbonyl (C=O) groups excluding carboxylic acids is 1. The van der Waals surface area contributed by atoms with Crippen LogP contribution in [0.5, 0.6) is 5.75 Å². The third kappa shape index (κ3) is 5.06. The molecule has 0 fully saturated rings. The predicted molar refractivity (Wildman–Crippen MR) is 75.7 cm³/mol. The lowest BCUT2D eigenvalue weighted by atomic mass is 10.2. The number of rotatable bonds is 7. The minimum atomic E-state index is -0.0136. The van der Waals surface area contributed by atoms with Crippen LogP contribution in [0, 0.1) is 0 Å². The van der Waals surface area contributed by atoms with Gasteiger partial charge in [-0.25, -0.2) is 0 Å². The molecule has 0 aliphatic rings. The van der Waals surface area contributed by atoms with Gasteiger partial charge in [-0.3, -0.25) is 4.79 Å². The molecule has 0 atom stereocenters. The number of benzene rings is 1. The van der Waals surface area contributed by atoms with Crippen LogP contribution in [0.15, 0.2) is 22.7 Å². The largest absolute Gasteiger partial charge is 0.493 e. The standard InChI is InChI=1S/C13H19BrN2O2/c1-3-16-9-10-8-11(14)4-5-12(10)18-7-6-13(17)15-2/h4-5,8,16H,3,6-7,9H2,1-2H3,(H,15,17). The molecule has 0 radical (unpaired) electrons. The lowest BCUT2D eigenvalue weighted by Gasteiger charge is -2.12. The van der Waals surface area contributed by atoms with Gasteiger partial charge in [0.2, 0.25) is 5.91 Å². The summed E-state index contributed by atoms with van der Waals surface area (Å²) in [5, 5.41) is 5.83. The summed E-state index contributed by atoms with van der Waals surface area (Å²) in [5.74, 6) is 0.809. The van der Waals surface area contributed by atoms with Crippen molar-refractivity contribution in [1.82, 2.24) is 10.6 Å². The fourth-order valence-corrected chi connectivity index (χ4v) is 1.87. The molecule has 0 heterocycles. The highest BCUT2D eigenvalue weighted by molar-refractivity contribution is 9.10. The zero-order chi connectivity index (χ0) is 13.4. The van der Waals surface area contributed by atoms with Gasteiger partial charge in [-0.15, -0.1) is 0 Å². The van der Waals surface area contributed by atoms with Crippen LogP contribution in [-0.4, -0.2) is 26.1 Å². The number of halogens is 1. The van der Waals surface area contributed by atoms with Gasteiger partial charge in [-0.2, -0.15) is 0 Å². The Hall–Kier alpha value is -1.07. The van der Waals surface area contributed by atoms with Crippen LogP contribution < -0.4 is 15.4 Å². The second-order valence-corrected chi connectivity index (χ2v) is 4.72. The van der Waals surface area contributed by atoms with E-state index in [2.05, 4.69) is 33.5 Å². The SMILES string of the molecule is CCNCc1cc(Br)ccc1OCCC(=O)NC. The number of amides is 1. The summed E-state index contributed by atoms with van der Waals surface area (Å²) in [4.78, 5) is 11.1. The van der Waals surface area contributed by atoms with Crippen molar-refractivity contribution in [3.05, 3.63) is 28.2 Å². The van der Waals surface area contributed by atoms with Crippen molar-refractivity contribution >= 4 is 21.8 Å². The van der Waals surface area contributed by atoms with E-state index in [0.717, 1.165) is 28.9 Å². The van der Waals surface area contributed by atoms with Gasteiger partial charge < -0.3 is 15.4 Å². The highest BCUT2D eigenvalue weighted by Crippen LogP contribution is 2.23. The van der Waals surface area contributed by atoms with Gasteiger partial charge in [0.15, 0.2) is 0 Å². The first kappa shape index (κ1) is 15.0. The Labute approximate surface area is 116 Å². The van der Waals surface area contributed by atoms with Gasteiger partial charge in [0.25, 0.3) is 0 Å². The van der Waals surface area contributed by atoms with Gasteiger partial charge in [-0.05, 0) is 24.7 Å². The molecule has 4 nitrogen and oxygen atoms in total. The fourth-order valence-electron chi connectivity index (χ4n) is 1.47. The Morgan fingerprint density at radius 2 is 2.22 bits per heavy atom. The summed E-state index contributed by atoms with van der Waals surface area (Å²) in [7, 11) is 1.62. The average molecular weight is 315 g/mol. The Morgan fingerprint density at radius 3 is 2.89 bits per heavy atom. The predicted octanol–water partition coefficient (Wildman–Crippen LogP) is 2.07.